The van der Waals surface area contributed by atoms with E-state index in [9.17, 15) is 4.39 Å². The van der Waals surface area contributed by atoms with Crippen LogP contribution in [0, 0.1) is 11.7 Å². The summed E-state index contributed by atoms with van der Waals surface area (Å²) in [7, 11) is 0. The Kier molecular flexibility index (Phi) is 3.71. The molecule has 0 atom stereocenters. The Bertz CT molecular complexity index is 563. The van der Waals surface area contributed by atoms with E-state index in [2.05, 4.69) is 34.8 Å². The molecule has 2 rings (SSSR count). The summed E-state index contributed by atoms with van der Waals surface area (Å²) in [6.07, 6.45) is 1.66. The SMILES string of the molecule is CC(C)Cn1cnc(-c2cc(Br)ccc2F)c1N. The molecule has 0 amide bonds. The van der Waals surface area contributed by atoms with Gasteiger partial charge in [0.15, 0.2) is 0 Å². The number of nitrogen functional groups attached to an aromatic ring is 1. The minimum absolute atomic E-state index is 0.320. The molecule has 1 heterocycles. The molecule has 0 spiro atoms. The molecule has 18 heavy (non-hydrogen) atoms. The first-order valence-electron chi connectivity index (χ1n) is 5.75. The monoisotopic (exact) mass is 311 g/mol. The summed E-state index contributed by atoms with van der Waals surface area (Å²) in [5, 5.41) is 0. The summed E-state index contributed by atoms with van der Waals surface area (Å²) in [5.41, 5.74) is 6.94. The van der Waals surface area contributed by atoms with Crippen molar-refractivity contribution >= 4 is 21.7 Å². The fourth-order valence-electron chi connectivity index (χ4n) is 1.82. The lowest BCUT2D eigenvalue weighted by molar-refractivity contribution is 0.527. The van der Waals surface area contributed by atoms with E-state index in [1.165, 1.54) is 6.07 Å². The predicted molar refractivity (Wildman–Crippen MR) is 74.6 cm³/mol. The number of hydrogen-bond donors (Lipinski definition) is 1. The van der Waals surface area contributed by atoms with Gasteiger partial charge in [-0.15, -0.1) is 0 Å². The molecule has 0 unspecified atom stereocenters. The zero-order chi connectivity index (χ0) is 13.3. The minimum Gasteiger partial charge on any atom is -0.383 e. The van der Waals surface area contributed by atoms with Crippen molar-refractivity contribution in [1.82, 2.24) is 9.55 Å². The second-order valence-corrected chi connectivity index (χ2v) is 5.56. The molecule has 0 saturated heterocycles. The highest BCUT2D eigenvalue weighted by molar-refractivity contribution is 9.10. The largest absolute Gasteiger partial charge is 0.383 e. The lowest BCUT2D eigenvalue weighted by atomic mass is 10.1. The van der Waals surface area contributed by atoms with Crippen LogP contribution in [0.25, 0.3) is 11.3 Å². The summed E-state index contributed by atoms with van der Waals surface area (Å²) in [4.78, 5) is 4.22. The number of nitrogens with zero attached hydrogens (tertiary/aromatic N) is 2. The van der Waals surface area contributed by atoms with Crippen molar-refractivity contribution in [2.75, 3.05) is 5.73 Å². The molecule has 96 valence electrons. The van der Waals surface area contributed by atoms with Gasteiger partial charge in [0.05, 0.1) is 6.33 Å². The second-order valence-electron chi connectivity index (χ2n) is 4.65. The van der Waals surface area contributed by atoms with Gasteiger partial charge in [-0.1, -0.05) is 29.8 Å². The average molecular weight is 312 g/mol. The Balaban J connectivity index is 2.45. The van der Waals surface area contributed by atoms with E-state index in [0.717, 1.165) is 11.0 Å². The molecular weight excluding hydrogens is 297 g/mol. The Morgan fingerprint density at radius 3 is 2.83 bits per heavy atom. The van der Waals surface area contributed by atoms with E-state index in [1.54, 1.807) is 18.5 Å². The number of anilines is 1. The summed E-state index contributed by atoms with van der Waals surface area (Å²) in [6, 6.07) is 4.74. The maximum atomic E-state index is 13.8. The summed E-state index contributed by atoms with van der Waals surface area (Å²) < 4.78 is 16.4. The van der Waals surface area contributed by atoms with Crippen LogP contribution in [0.2, 0.25) is 0 Å². The molecule has 3 nitrogen and oxygen atoms in total. The van der Waals surface area contributed by atoms with Crippen LogP contribution in [-0.2, 0) is 6.54 Å². The zero-order valence-corrected chi connectivity index (χ0v) is 11.9. The Labute approximate surface area is 114 Å². The van der Waals surface area contributed by atoms with E-state index in [-0.39, 0.29) is 5.82 Å². The van der Waals surface area contributed by atoms with Gasteiger partial charge in [-0.2, -0.15) is 0 Å². The number of imidazole rings is 1. The van der Waals surface area contributed by atoms with E-state index >= 15 is 0 Å². The first-order valence-corrected chi connectivity index (χ1v) is 6.54. The van der Waals surface area contributed by atoms with Crippen LogP contribution in [0.4, 0.5) is 10.2 Å². The lowest BCUT2D eigenvalue weighted by Gasteiger charge is -2.08. The van der Waals surface area contributed by atoms with Crippen LogP contribution < -0.4 is 5.73 Å². The van der Waals surface area contributed by atoms with Gasteiger partial charge in [0.25, 0.3) is 0 Å². The van der Waals surface area contributed by atoms with Crippen molar-refractivity contribution in [1.29, 1.82) is 0 Å². The molecule has 0 fully saturated rings. The third-order valence-electron chi connectivity index (χ3n) is 2.62. The Hall–Kier alpha value is -1.36. The zero-order valence-electron chi connectivity index (χ0n) is 10.3. The van der Waals surface area contributed by atoms with Gasteiger partial charge in [-0.05, 0) is 24.1 Å². The summed E-state index contributed by atoms with van der Waals surface area (Å²) in [5.74, 6) is 0.641. The van der Waals surface area contributed by atoms with Crippen molar-refractivity contribution in [3.8, 4) is 11.3 Å². The molecule has 0 radical (unpaired) electrons. The Morgan fingerprint density at radius 2 is 2.17 bits per heavy atom. The molecule has 0 aliphatic rings. The van der Waals surface area contributed by atoms with Crippen LogP contribution in [-0.4, -0.2) is 9.55 Å². The number of hydrogen-bond acceptors (Lipinski definition) is 2. The number of aromatic nitrogens is 2. The van der Waals surface area contributed by atoms with Crippen LogP contribution >= 0.6 is 15.9 Å². The lowest BCUT2D eigenvalue weighted by Crippen LogP contribution is -2.07. The molecule has 0 aliphatic carbocycles. The maximum absolute atomic E-state index is 13.8. The highest BCUT2D eigenvalue weighted by Crippen LogP contribution is 2.29. The van der Waals surface area contributed by atoms with Gasteiger partial charge < -0.3 is 10.3 Å². The third kappa shape index (κ3) is 2.56. The average Bonchev–Trinajstić information content (AvgIpc) is 2.64. The molecule has 2 N–H and O–H groups in total. The first-order chi connectivity index (χ1) is 8.49. The minimum atomic E-state index is -0.320. The van der Waals surface area contributed by atoms with Crippen LogP contribution in [0.15, 0.2) is 29.0 Å². The number of nitrogens with two attached hydrogens (primary N) is 1. The fourth-order valence-corrected chi connectivity index (χ4v) is 2.18. The van der Waals surface area contributed by atoms with Crippen LogP contribution in [0.3, 0.4) is 0 Å². The van der Waals surface area contributed by atoms with E-state index < -0.39 is 0 Å². The third-order valence-corrected chi connectivity index (χ3v) is 3.12. The molecule has 0 bridgehead atoms. The van der Waals surface area contributed by atoms with Gasteiger partial charge in [-0.25, -0.2) is 9.37 Å². The predicted octanol–water partition coefficient (Wildman–Crippen LogP) is 3.69. The van der Waals surface area contributed by atoms with Crippen molar-refractivity contribution in [2.45, 2.75) is 20.4 Å². The smallest absolute Gasteiger partial charge is 0.132 e. The highest BCUT2D eigenvalue weighted by Gasteiger charge is 2.14. The van der Waals surface area contributed by atoms with Crippen molar-refractivity contribution in [3.63, 3.8) is 0 Å². The quantitative estimate of drug-likeness (QED) is 0.939. The van der Waals surface area contributed by atoms with Gasteiger partial charge in [-0.3, -0.25) is 0 Å². The van der Waals surface area contributed by atoms with Crippen molar-refractivity contribution in [2.24, 2.45) is 5.92 Å². The normalized spacial score (nSPS) is 11.2. The molecule has 2 aromatic rings. The van der Waals surface area contributed by atoms with Gasteiger partial charge >= 0.3 is 0 Å². The fraction of sp³-hybridized carbons (Fsp3) is 0.308. The first kappa shape index (κ1) is 13.1. The van der Waals surface area contributed by atoms with E-state index in [0.29, 0.717) is 23.0 Å². The molecule has 1 aromatic carbocycles. The van der Waals surface area contributed by atoms with Crippen molar-refractivity contribution in [3.05, 3.63) is 34.8 Å². The van der Waals surface area contributed by atoms with Gasteiger partial charge in [0, 0.05) is 16.6 Å². The van der Waals surface area contributed by atoms with Gasteiger partial charge in [0.2, 0.25) is 0 Å². The summed E-state index contributed by atoms with van der Waals surface area (Å²) in [6.45, 7) is 4.96. The number of halogens is 2. The Morgan fingerprint density at radius 1 is 1.44 bits per heavy atom. The molecule has 5 heteroatoms. The van der Waals surface area contributed by atoms with Crippen molar-refractivity contribution < 1.29 is 4.39 Å². The maximum Gasteiger partial charge on any atom is 0.132 e. The van der Waals surface area contributed by atoms with E-state index in [4.69, 9.17) is 5.73 Å². The topological polar surface area (TPSA) is 43.8 Å². The number of benzene rings is 1. The van der Waals surface area contributed by atoms with Gasteiger partial charge in [0.1, 0.15) is 17.3 Å². The molecule has 0 aliphatic heterocycles. The molecule has 1 aromatic heterocycles. The van der Waals surface area contributed by atoms with Crippen LogP contribution in [0.1, 0.15) is 13.8 Å². The standard InChI is InChI=1S/C13H15BrFN3/c1-8(2)6-18-7-17-12(13(18)16)10-5-9(14)3-4-11(10)15/h3-5,7-8H,6,16H2,1-2H3. The molecule has 0 saturated carbocycles. The second kappa shape index (κ2) is 5.10. The highest BCUT2D eigenvalue weighted by atomic mass is 79.9. The number of rotatable bonds is 3. The summed E-state index contributed by atoms with van der Waals surface area (Å²) >= 11 is 3.32. The van der Waals surface area contributed by atoms with Crippen LogP contribution in [0.5, 0.6) is 0 Å². The molecular formula is C13H15BrFN3. The van der Waals surface area contributed by atoms with E-state index in [1.807, 2.05) is 4.57 Å².